The molecule has 1 aliphatic heterocycles. The molecule has 7 heteroatoms. The molecular formula is C16H23N5O2. The second kappa shape index (κ2) is 6.54. The lowest BCUT2D eigenvalue weighted by molar-refractivity contribution is -0.130. The number of hydrogen-bond acceptors (Lipinski definition) is 5. The van der Waals surface area contributed by atoms with Crippen LogP contribution in [0, 0.1) is 6.92 Å². The third-order valence-corrected chi connectivity index (χ3v) is 4.44. The molecule has 1 saturated heterocycles. The molecule has 0 N–H and O–H groups in total. The molecule has 0 aromatic carbocycles. The quantitative estimate of drug-likeness (QED) is 0.827. The fourth-order valence-corrected chi connectivity index (χ4v) is 3.14. The first-order chi connectivity index (χ1) is 11.0. The van der Waals surface area contributed by atoms with Gasteiger partial charge in [-0.1, -0.05) is 5.21 Å². The lowest BCUT2D eigenvalue weighted by Gasteiger charge is -2.24. The summed E-state index contributed by atoms with van der Waals surface area (Å²) in [7, 11) is 4.07. The maximum atomic E-state index is 12.5. The number of likely N-dealkylation sites (N-methyl/N-ethyl adjacent to an activating group) is 1. The summed E-state index contributed by atoms with van der Waals surface area (Å²) in [5, 5.41) is 8.00. The lowest BCUT2D eigenvalue weighted by atomic mass is 10.1. The molecule has 1 amide bonds. The van der Waals surface area contributed by atoms with Crippen LogP contribution >= 0.6 is 0 Å². The first kappa shape index (κ1) is 15.7. The maximum absolute atomic E-state index is 12.5. The zero-order chi connectivity index (χ0) is 16.4. The van der Waals surface area contributed by atoms with E-state index in [4.69, 9.17) is 4.42 Å². The third kappa shape index (κ3) is 3.44. The number of aromatic nitrogens is 3. The fraction of sp³-hybridized carbons (Fsp3) is 0.562. The number of nitrogens with zero attached hydrogens (tertiary/aromatic N) is 5. The number of likely N-dealkylation sites (tertiary alicyclic amines) is 1. The Hall–Kier alpha value is -2.15. The zero-order valence-corrected chi connectivity index (χ0v) is 13.8. The summed E-state index contributed by atoms with van der Waals surface area (Å²) in [4.78, 5) is 16.6. The topological polar surface area (TPSA) is 67.4 Å². The van der Waals surface area contributed by atoms with Crippen LogP contribution in [0.1, 0.15) is 24.0 Å². The Morgan fingerprint density at radius 2 is 2.22 bits per heavy atom. The monoisotopic (exact) mass is 317 g/mol. The number of aryl methyl sites for hydroxylation is 2. The Morgan fingerprint density at radius 1 is 1.39 bits per heavy atom. The minimum Gasteiger partial charge on any atom is -0.466 e. The molecule has 0 radical (unpaired) electrons. The average molecular weight is 317 g/mol. The van der Waals surface area contributed by atoms with Crippen LogP contribution in [0.5, 0.6) is 0 Å². The molecule has 124 valence electrons. The molecule has 7 nitrogen and oxygen atoms in total. The van der Waals surface area contributed by atoms with E-state index in [2.05, 4.69) is 15.2 Å². The molecule has 0 aliphatic carbocycles. The highest BCUT2D eigenvalue weighted by Crippen LogP contribution is 2.25. The van der Waals surface area contributed by atoms with E-state index in [1.165, 1.54) is 0 Å². The van der Waals surface area contributed by atoms with Gasteiger partial charge >= 0.3 is 0 Å². The van der Waals surface area contributed by atoms with Gasteiger partial charge in [0, 0.05) is 32.1 Å². The van der Waals surface area contributed by atoms with E-state index in [0.717, 1.165) is 11.5 Å². The summed E-state index contributed by atoms with van der Waals surface area (Å²) in [6.07, 6.45) is 4.65. The SMILES string of the molecule is Cc1ccc(CCC(=O)N2C[C@@H](N(C)C)[C@@H](n3ccnn3)C2)o1. The summed E-state index contributed by atoms with van der Waals surface area (Å²) < 4.78 is 7.39. The molecular weight excluding hydrogens is 294 g/mol. The van der Waals surface area contributed by atoms with Crippen LogP contribution in [0.4, 0.5) is 0 Å². The van der Waals surface area contributed by atoms with Gasteiger partial charge in [0.05, 0.1) is 18.3 Å². The van der Waals surface area contributed by atoms with Crippen molar-refractivity contribution in [2.75, 3.05) is 27.2 Å². The van der Waals surface area contributed by atoms with E-state index in [0.29, 0.717) is 25.9 Å². The van der Waals surface area contributed by atoms with Gasteiger partial charge in [0.15, 0.2) is 0 Å². The molecule has 0 spiro atoms. The zero-order valence-electron chi connectivity index (χ0n) is 13.8. The Kier molecular flexibility index (Phi) is 4.47. The minimum atomic E-state index is 0.141. The predicted octanol–water partition coefficient (Wildman–Crippen LogP) is 1.13. The van der Waals surface area contributed by atoms with Crippen molar-refractivity contribution >= 4 is 5.91 Å². The summed E-state index contributed by atoms with van der Waals surface area (Å²) in [6.45, 7) is 3.30. The summed E-state index contributed by atoms with van der Waals surface area (Å²) in [6, 6.07) is 4.25. The number of carbonyl (C=O) groups is 1. The molecule has 3 heterocycles. The van der Waals surface area contributed by atoms with Crippen LogP contribution in [-0.2, 0) is 11.2 Å². The second-order valence-electron chi connectivity index (χ2n) is 6.29. The van der Waals surface area contributed by atoms with Gasteiger partial charge in [-0.25, -0.2) is 4.68 Å². The van der Waals surface area contributed by atoms with Gasteiger partial charge in [-0.2, -0.15) is 0 Å². The second-order valence-corrected chi connectivity index (χ2v) is 6.29. The highest BCUT2D eigenvalue weighted by molar-refractivity contribution is 5.76. The molecule has 1 fully saturated rings. The number of furan rings is 1. The van der Waals surface area contributed by atoms with Crippen molar-refractivity contribution in [1.29, 1.82) is 0 Å². The number of carbonyl (C=O) groups excluding carboxylic acids is 1. The number of rotatable bonds is 5. The first-order valence-electron chi connectivity index (χ1n) is 7.90. The number of amides is 1. The standard InChI is InChI=1S/C16H23N5O2/c1-12-4-5-13(23-12)6-7-16(22)20-10-14(19(2)3)15(11-20)21-9-8-17-18-21/h4-5,8-9,14-15H,6-7,10-11H2,1-3H3/t14-,15+/m1/s1. The molecule has 2 aromatic heterocycles. The molecule has 3 rings (SSSR count). The Morgan fingerprint density at radius 3 is 2.83 bits per heavy atom. The highest BCUT2D eigenvalue weighted by atomic mass is 16.3. The van der Waals surface area contributed by atoms with Crippen LogP contribution in [0.25, 0.3) is 0 Å². The van der Waals surface area contributed by atoms with Gasteiger partial charge in [-0.3, -0.25) is 4.79 Å². The normalized spacial score (nSPS) is 21.3. The van der Waals surface area contributed by atoms with Crippen molar-refractivity contribution in [1.82, 2.24) is 24.8 Å². The van der Waals surface area contributed by atoms with Crippen molar-refractivity contribution in [3.05, 3.63) is 36.0 Å². The van der Waals surface area contributed by atoms with Crippen molar-refractivity contribution in [2.45, 2.75) is 31.8 Å². The van der Waals surface area contributed by atoms with Crippen LogP contribution in [-0.4, -0.2) is 63.9 Å². The largest absolute Gasteiger partial charge is 0.466 e. The van der Waals surface area contributed by atoms with Gasteiger partial charge in [-0.15, -0.1) is 5.10 Å². The Bertz CT molecular complexity index is 649. The van der Waals surface area contributed by atoms with Gasteiger partial charge in [0.1, 0.15) is 11.5 Å². The average Bonchev–Trinajstić information content (AvgIpc) is 3.24. The van der Waals surface area contributed by atoms with Crippen molar-refractivity contribution in [3.8, 4) is 0 Å². The highest BCUT2D eigenvalue weighted by Gasteiger charge is 2.37. The van der Waals surface area contributed by atoms with Crippen molar-refractivity contribution in [3.63, 3.8) is 0 Å². The summed E-state index contributed by atoms with van der Waals surface area (Å²) in [5.41, 5.74) is 0. The molecule has 23 heavy (non-hydrogen) atoms. The fourth-order valence-electron chi connectivity index (χ4n) is 3.14. The minimum absolute atomic E-state index is 0.141. The summed E-state index contributed by atoms with van der Waals surface area (Å²) >= 11 is 0. The molecule has 1 aliphatic rings. The van der Waals surface area contributed by atoms with Crippen LogP contribution < -0.4 is 0 Å². The molecule has 0 bridgehead atoms. The van der Waals surface area contributed by atoms with E-state index < -0.39 is 0 Å². The lowest BCUT2D eigenvalue weighted by Crippen LogP contribution is -2.37. The predicted molar refractivity (Wildman–Crippen MR) is 84.9 cm³/mol. The summed E-state index contributed by atoms with van der Waals surface area (Å²) in [5.74, 6) is 1.91. The Balaban J connectivity index is 1.62. The van der Waals surface area contributed by atoms with Gasteiger partial charge in [-0.05, 0) is 33.2 Å². The maximum Gasteiger partial charge on any atom is 0.223 e. The van der Waals surface area contributed by atoms with Crippen LogP contribution in [0.15, 0.2) is 28.9 Å². The smallest absolute Gasteiger partial charge is 0.223 e. The van der Waals surface area contributed by atoms with Crippen LogP contribution in [0.2, 0.25) is 0 Å². The van der Waals surface area contributed by atoms with Crippen LogP contribution in [0.3, 0.4) is 0 Å². The van der Waals surface area contributed by atoms with E-state index >= 15 is 0 Å². The number of hydrogen-bond donors (Lipinski definition) is 0. The van der Waals surface area contributed by atoms with Crippen molar-refractivity contribution in [2.24, 2.45) is 0 Å². The van der Waals surface area contributed by atoms with E-state index in [-0.39, 0.29) is 18.0 Å². The molecule has 0 saturated carbocycles. The first-order valence-corrected chi connectivity index (χ1v) is 7.90. The van der Waals surface area contributed by atoms with Gasteiger partial charge < -0.3 is 14.2 Å². The van der Waals surface area contributed by atoms with E-state index in [9.17, 15) is 4.79 Å². The van der Waals surface area contributed by atoms with Gasteiger partial charge in [0.25, 0.3) is 0 Å². The molecule has 2 aromatic rings. The van der Waals surface area contributed by atoms with Crippen molar-refractivity contribution < 1.29 is 9.21 Å². The molecule has 0 unspecified atom stereocenters. The van der Waals surface area contributed by atoms with E-state index in [1.807, 2.05) is 48.9 Å². The van der Waals surface area contributed by atoms with E-state index in [1.54, 1.807) is 6.20 Å². The Labute approximate surface area is 135 Å². The molecule has 2 atom stereocenters. The van der Waals surface area contributed by atoms with Gasteiger partial charge in [0.2, 0.25) is 5.91 Å². The third-order valence-electron chi connectivity index (χ3n) is 4.44.